The van der Waals surface area contributed by atoms with Gasteiger partial charge in [-0.1, -0.05) is 42.0 Å². The first-order chi connectivity index (χ1) is 17.7. The number of aliphatic hydroxyl groups excluding tert-OH is 1. The molecule has 0 saturated carbocycles. The zero-order valence-corrected chi connectivity index (χ0v) is 21.3. The number of phenols is 1. The van der Waals surface area contributed by atoms with Gasteiger partial charge in [0.05, 0.1) is 11.6 Å². The molecule has 192 valence electrons. The molecule has 0 spiro atoms. The highest BCUT2D eigenvalue weighted by Crippen LogP contribution is 2.40. The fourth-order valence-corrected chi connectivity index (χ4v) is 4.50. The van der Waals surface area contributed by atoms with E-state index in [1.165, 1.54) is 17.0 Å². The van der Waals surface area contributed by atoms with E-state index in [4.69, 9.17) is 4.74 Å². The van der Waals surface area contributed by atoms with Gasteiger partial charge in [-0.3, -0.25) is 9.59 Å². The van der Waals surface area contributed by atoms with Gasteiger partial charge in [-0.25, -0.2) is 0 Å². The number of ether oxygens (including phenoxy) is 1. The van der Waals surface area contributed by atoms with Crippen molar-refractivity contribution in [1.82, 2.24) is 9.80 Å². The van der Waals surface area contributed by atoms with E-state index in [0.29, 0.717) is 36.4 Å². The molecule has 37 heavy (non-hydrogen) atoms. The SMILES string of the molecule is Cc1cccc(COc2ccc(C(O)=C3C(=O)C(=O)N(CCCN(C)C)C3c3ccc(O)cc3)cc2)c1. The number of nitrogens with zero attached hydrogens (tertiary/aromatic N) is 2. The number of hydrogen-bond acceptors (Lipinski definition) is 6. The number of aryl methyl sites for hydroxylation is 1. The van der Waals surface area contributed by atoms with Crippen molar-refractivity contribution in [2.24, 2.45) is 0 Å². The monoisotopic (exact) mass is 500 g/mol. The Bertz CT molecular complexity index is 1300. The van der Waals surface area contributed by atoms with Crippen LogP contribution in [0.1, 0.15) is 34.7 Å². The Morgan fingerprint density at radius 2 is 1.70 bits per heavy atom. The lowest BCUT2D eigenvalue weighted by Crippen LogP contribution is -2.32. The zero-order valence-electron chi connectivity index (χ0n) is 21.3. The highest BCUT2D eigenvalue weighted by atomic mass is 16.5. The van der Waals surface area contributed by atoms with Gasteiger partial charge < -0.3 is 24.7 Å². The van der Waals surface area contributed by atoms with Crippen LogP contribution in [0.2, 0.25) is 0 Å². The van der Waals surface area contributed by atoms with E-state index in [9.17, 15) is 19.8 Å². The van der Waals surface area contributed by atoms with Crippen molar-refractivity contribution in [3.8, 4) is 11.5 Å². The van der Waals surface area contributed by atoms with Gasteiger partial charge in [0.1, 0.15) is 23.9 Å². The van der Waals surface area contributed by atoms with E-state index in [-0.39, 0.29) is 17.1 Å². The topological polar surface area (TPSA) is 90.3 Å². The van der Waals surface area contributed by atoms with Crippen LogP contribution in [0.25, 0.3) is 5.76 Å². The summed E-state index contributed by atoms with van der Waals surface area (Å²) in [7, 11) is 3.89. The van der Waals surface area contributed by atoms with E-state index >= 15 is 0 Å². The molecule has 3 aromatic carbocycles. The van der Waals surface area contributed by atoms with Gasteiger partial charge in [-0.2, -0.15) is 0 Å². The van der Waals surface area contributed by atoms with Gasteiger partial charge in [0, 0.05) is 12.1 Å². The maximum absolute atomic E-state index is 13.1. The molecule has 1 unspecified atom stereocenters. The first-order valence-electron chi connectivity index (χ1n) is 12.3. The quantitative estimate of drug-likeness (QED) is 0.253. The fourth-order valence-electron chi connectivity index (χ4n) is 4.50. The van der Waals surface area contributed by atoms with Gasteiger partial charge in [0.25, 0.3) is 11.7 Å². The molecule has 1 atom stereocenters. The second kappa shape index (κ2) is 11.3. The zero-order chi connectivity index (χ0) is 26.5. The van der Waals surface area contributed by atoms with E-state index in [2.05, 4.69) is 6.07 Å². The Morgan fingerprint density at radius 1 is 1.00 bits per heavy atom. The Labute approximate surface area is 217 Å². The van der Waals surface area contributed by atoms with Crippen LogP contribution < -0.4 is 4.74 Å². The number of phenolic OH excluding ortho intramolecular Hbond substituents is 1. The molecule has 0 aliphatic carbocycles. The Kier molecular flexibility index (Phi) is 7.94. The average Bonchev–Trinajstić information content (AvgIpc) is 3.13. The van der Waals surface area contributed by atoms with Gasteiger partial charge in [-0.05, 0) is 81.5 Å². The second-order valence-corrected chi connectivity index (χ2v) is 9.54. The molecule has 0 radical (unpaired) electrons. The second-order valence-electron chi connectivity index (χ2n) is 9.54. The summed E-state index contributed by atoms with van der Waals surface area (Å²) in [5.41, 5.74) is 3.30. The lowest BCUT2D eigenvalue weighted by molar-refractivity contribution is -0.139. The molecular formula is C30H32N2O5. The van der Waals surface area contributed by atoms with Gasteiger partial charge >= 0.3 is 0 Å². The van der Waals surface area contributed by atoms with Crippen LogP contribution >= 0.6 is 0 Å². The van der Waals surface area contributed by atoms with Crippen molar-refractivity contribution in [1.29, 1.82) is 0 Å². The maximum Gasteiger partial charge on any atom is 0.295 e. The number of rotatable bonds is 9. The molecule has 1 aliphatic rings. The molecule has 1 amide bonds. The first kappa shape index (κ1) is 26.0. The number of carbonyl (C=O) groups is 2. The van der Waals surface area contributed by atoms with Crippen LogP contribution in [0.5, 0.6) is 11.5 Å². The molecule has 1 heterocycles. The number of Topliss-reactive ketones (excluding diaryl/α,β-unsaturated/α-hetero) is 1. The summed E-state index contributed by atoms with van der Waals surface area (Å²) >= 11 is 0. The number of aromatic hydroxyl groups is 1. The maximum atomic E-state index is 13.1. The third kappa shape index (κ3) is 6.01. The molecule has 0 bridgehead atoms. The molecule has 1 aliphatic heterocycles. The van der Waals surface area contributed by atoms with Crippen LogP contribution in [0.3, 0.4) is 0 Å². The van der Waals surface area contributed by atoms with E-state index in [1.807, 2.05) is 44.1 Å². The number of aliphatic hydroxyl groups is 1. The molecule has 1 fully saturated rings. The number of likely N-dealkylation sites (tertiary alicyclic amines) is 1. The third-order valence-corrected chi connectivity index (χ3v) is 6.37. The predicted octanol–water partition coefficient (Wildman–Crippen LogP) is 4.65. The smallest absolute Gasteiger partial charge is 0.295 e. The van der Waals surface area contributed by atoms with Gasteiger partial charge in [-0.15, -0.1) is 0 Å². The first-order valence-corrected chi connectivity index (χ1v) is 12.3. The third-order valence-electron chi connectivity index (χ3n) is 6.37. The van der Waals surface area contributed by atoms with Crippen molar-refractivity contribution in [3.05, 3.63) is 101 Å². The number of benzene rings is 3. The number of hydrogen-bond donors (Lipinski definition) is 2. The molecule has 4 rings (SSSR count). The average molecular weight is 501 g/mol. The molecule has 7 heteroatoms. The minimum absolute atomic E-state index is 0.0361. The summed E-state index contributed by atoms with van der Waals surface area (Å²) in [6.07, 6.45) is 0.668. The minimum Gasteiger partial charge on any atom is -0.508 e. The van der Waals surface area contributed by atoms with Gasteiger partial charge in [0.15, 0.2) is 0 Å². The van der Waals surface area contributed by atoms with E-state index < -0.39 is 17.7 Å². The van der Waals surface area contributed by atoms with Crippen molar-refractivity contribution in [2.45, 2.75) is 26.0 Å². The molecular weight excluding hydrogens is 468 g/mol. The summed E-state index contributed by atoms with van der Waals surface area (Å²) in [6, 6.07) is 20.5. The van der Waals surface area contributed by atoms with Crippen molar-refractivity contribution >= 4 is 17.4 Å². The number of ketones is 1. The molecule has 3 aromatic rings. The normalized spacial score (nSPS) is 17.0. The van der Waals surface area contributed by atoms with Crippen molar-refractivity contribution < 1.29 is 24.5 Å². The van der Waals surface area contributed by atoms with E-state index in [1.54, 1.807) is 36.4 Å². The van der Waals surface area contributed by atoms with Crippen molar-refractivity contribution in [2.75, 3.05) is 27.2 Å². The molecule has 0 aromatic heterocycles. The van der Waals surface area contributed by atoms with Crippen LogP contribution in [0.15, 0.2) is 78.4 Å². The van der Waals surface area contributed by atoms with Crippen LogP contribution in [0, 0.1) is 6.92 Å². The van der Waals surface area contributed by atoms with Crippen LogP contribution in [0.4, 0.5) is 0 Å². The molecule has 7 nitrogen and oxygen atoms in total. The van der Waals surface area contributed by atoms with Crippen LogP contribution in [-0.4, -0.2) is 58.9 Å². The predicted molar refractivity (Wildman–Crippen MR) is 142 cm³/mol. The van der Waals surface area contributed by atoms with Crippen LogP contribution in [-0.2, 0) is 16.2 Å². The Balaban J connectivity index is 1.62. The minimum atomic E-state index is -0.750. The summed E-state index contributed by atoms with van der Waals surface area (Å²) in [5.74, 6) is -0.903. The summed E-state index contributed by atoms with van der Waals surface area (Å²) in [6.45, 7) is 3.54. The van der Waals surface area contributed by atoms with Gasteiger partial charge in [0.2, 0.25) is 0 Å². The number of amides is 1. The lowest BCUT2D eigenvalue weighted by Gasteiger charge is -2.26. The Hall–Kier alpha value is -4.10. The summed E-state index contributed by atoms with van der Waals surface area (Å²) < 4.78 is 5.87. The van der Waals surface area contributed by atoms with Crippen molar-refractivity contribution in [3.63, 3.8) is 0 Å². The van der Waals surface area contributed by atoms with E-state index in [0.717, 1.165) is 17.7 Å². The molecule has 2 N–H and O–H groups in total. The summed E-state index contributed by atoms with van der Waals surface area (Å²) in [4.78, 5) is 29.7. The highest BCUT2D eigenvalue weighted by Gasteiger charge is 2.45. The fraction of sp³-hybridized carbons (Fsp3) is 0.267. The molecule has 1 saturated heterocycles. The lowest BCUT2D eigenvalue weighted by atomic mass is 9.95. The largest absolute Gasteiger partial charge is 0.508 e. The number of carbonyl (C=O) groups excluding carboxylic acids is 2. The summed E-state index contributed by atoms with van der Waals surface area (Å²) in [5, 5.41) is 21.0. The standard InChI is InChI=1S/C30H32N2O5/c1-20-6-4-7-21(18-20)19-37-25-14-10-23(11-15-25)28(34)26-27(22-8-12-24(33)13-9-22)32(30(36)29(26)35)17-5-16-31(2)3/h4,6-15,18,27,33-34H,5,16-17,19H2,1-3H3. The Morgan fingerprint density at radius 3 is 2.35 bits per heavy atom. The highest BCUT2D eigenvalue weighted by molar-refractivity contribution is 6.46.